The molecular weight excluding hydrogens is 320 g/mol. The molecule has 0 unspecified atom stereocenters. The summed E-state index contributed by atoms with van der Waals surface area (Å²) >= 11 is 2.84. The fourth-order valence-electron chi connectivity index (χ4n) is 1.35. The Kier molecular flexibility index (Phi) is 4.11. The first-order chi connectivity index (χ1) is 9.06. The molecule has 2 rings (SSSR count). The van der Waals surface area contributed by atoms with Gasteiger partial charge in [0.15, 0.2) is 0 Å². The molecule has 19 heavy (non-hydrogen) atoms. The number of benzene rings is 2. The van der Waals surface area contributed by atoms with Crippen LogP contribution in [0.3, 0.4) is 0 Å². The minimum atomic E-state index is -0.896. The molecule has 0 radical (unpaired) electrons. The van der Waals surface area contributed by atoms with Crippen LogP contribution in [-0.4, -0.2) is 6.09 Å². The van der Waals surface area contributed by atoms with Gasteiger partial charge in [0.1, 0.15) is 17.4 Å². The number of para-hydroxylation sites is 1. The third kappa shape index (κ3) is 3.51. The van der Waals surface area contributed by atoms with Gasteiger partial charge >= 0.3 is 6.09 Å². The summed E-state index contributed by atoms with van der Waals surface area (Å²) in [6, 6.07) is 10.1. The highest BCUT2D eigenvalue weighted by Gasteiger charge is 2.12. The molecule has 0 aliphatic rings. The van der Waals surface area contributed by atoms with Gasteiger partial charge in [0.2, 0.25) is 0 Å². The number of ether oxygens (including phenoxy) is 1. The molecule has 0 aromatic heterocycles. The zero-order chi connectivity index (χ0) is 13.8. The van der Waals surface area contributed by atoms with Crippen LogP contribution in [0.1, 0.15) is 0 Å². The molecule has 0 saturated carbocycles. The summed E-state index contributed by atoms with van der Waals surface area (Å²) in [5, 5.41) is 2.13. The number of hydrogen-bond donors (Lipinski definition) is 1. The molecule has 3 nitrogen and oxygen atoms in total. The van der Waals surface area contributed by atoms with E-state index in [-0.39, 0.29) is 10.2 Å². The maximum absolute atomic E-state index is 13.5. The van der Waals surface area contributed by atoms with E-state index in [1.54, 1.807) is 30.3 Å². The largest absolute Gasteiger partial charge is 0.417 e. The molecule has 1 N–H and O–H groups in total. The van der Waals surface area contributed by atoms with E-state index in [1.807, 2.05) is 0 Å². The zero-order valence-electron chi connectivity index (χ0n) is 9.49. The van der Waals surface area contributed by atoms with Crippen LogP contribution in [0, 0.1) is 11.6 Å². The number of rotatable bonds is 2. The molecule has 0 bridgehead atoms. The van der Waals surface area contributed by atoms with Crippen LogP contribution < -0.4 is 10.1 Å². The van der Waals surface area contributed by atoms with Crippen LogP contribution in [0.25, 0.3) is 0 Å². The molecule has 0 saturated heterocycles. The topological polar surface area (TPSA) is 38.3 Å². The van der Waals surface area contributed by atoms with Gasteiger partial charge in [-0.05, 0) is 34.1 Å². The highest BCUT2D eigenvalue weighted by molar-refractivity contribution is 9.10. The number of halogens is 3. The predicted molar refractivity (Wildman–Crippen MR) is 70.1 cm³/mol. The minimum Gasteiger partial charge on any atom is -0.410 e. The quantitative estimate of drug-likeness (QED) is 0.833. The average molecular weight is 328 g/mol. The molecule has 0 atom stereocenters. The molecule has 0 aliphatic heterocycles. The van der Waals surface area contributed by atoms with Crippen LogP contribution >= 0.6 is 15.9 Å². The van der Waals surface area contributed by atoms with Gasteiger partial charge in [-0.25, -0.2) is 13.6 Å². The van der Waals surface area contributed by atoms with Gasteiger partial charge < -0.3 is 4.74 Å². The van der Waals surface area contributed by atoms with E-state index in [1.165, 1.54) is 0 Å². The molecule has 0 aliphatic carbocycles. The van der Waals surface area contributed by atoms with E-state index >= 15 is 0 Å². The molecule has 0 heterocycles. The second-order valence-corrected chi connectivity index (χ2v) is 4.43. The van der Waals surface area contributed by atoms with E-state index in [9.17, 15) is 13.6 Å². The Morgan fingerprint density at radius 2 is 1.79 bits per heavy atom. The third-order valence-corrected chi connectivity index (χ3v) is 2.81. The number of anilines is 1. The Hall–Kier alpha value is -1.95. The predicted octanol–water partition coefficient (Wildman–Crippen LogP) is 4.34. The highest BCUT2D eigenvalue weighted by atomic mass is 79.9. The Labute approximate surface area is 116 Å². The van der Waals surface area contributed by atoms with Crippen molar-refractivity contribution >= 4 is 27.7 Å². The minimum absolute atomic E-state index is 0.0213. The number of hydrogen-bond acceptors (Lipinski definition) is 2. The zero-order valence-corrected chi connectivity index (χ0v) is 11.1. The Balaban J connectivity index is 2.09. The first-order valence-electron chi connectivity index (χ1n) is 5.24. The lowest BCUT2D eigenvalue weighted by atomic mass is 10.3. The van der Waals surface area contributed by atoms with Gasteiger partial charge in [-0.15, -0.1) is 0 Å². The van der Waals surface area contributed by atoms with Crippen molar-refractivity contribution in [2.24, 2.45) is 0 Å². The molecule has 0 spiro atoms. The van der Waals surface area contributed by atoms with Gasteiger partial charge in [0, 0.05) is 6.07 Å². The lowest BCUT2D eigenvalue weighted by Gasteiger charge is -2.08. The number of amides is 1. The van der Waals surface area contributed by atoms with Gasteiger partial charge in [-0.1, -0.05) is 18.2 Å². The average Bonchev–Trinajstić information content (AvgIpc) is 2.37. The lowest BCUT2D eigenvalue weighted by Crippen LogP contribution is -2.17. The third-order valence-electron chi connectivity index (χ3n) is 2.20. The molecular formula is C13H8BrF2NO2. The molecule has 6 heteroatoms. The fourth-order valence-corrected chi connectivity index (χ4v) is 1.66. The van der Waals surface area contributed by atoms with Crippen LogP contribution in [0.15, 0.2) is 46.9 Å². The maximum Gasteiger partial charge on any atom is 0.417 e. The lowest BCUT2D eigenvalue weighted by molar-refractivity contribution is 0.215. The molecule has 2 aromatic rings. The molecule has 2 aromatic carbocycles. The van der Waals surface area contributed by atoms with Crippen molar-refractivity contribution in [1.82, 2.24) is 0 Å². The summed E-state index contributed by atoms with van der Waals surface area (Å²) in [7, 11) is 0. The molecule has 1 amide bonds. The maximum atomic E-state index is 13.5. The van der Waals surface area contributed by atoms with E-state index < -0.39 is 17.7 Å². The first kappa shape index (κ1) is 13.5. The van der Waals surface area contributed by atoms with Gasteiger partial charge in [-0.2, -0.15) is 0 Å². The summed E-state index contributed by atoms with van der Waals surface area (Å²) in [5.41, 5.74) is -0.290. The van der Waals surface area contributed by atoms with Crippen LogP contribution in [-0.2, 0) is 0 Å². The second-order valence-electron chi connectivity index (χ2n) is 3.57. The summed E-state index contributed by atoms with van der Waals surface area (Å²) in [4.78, 5) is 11.5. The van der Waals surface area contributed by atoms with Crippen molar-refractivity contribution in [2.45, 2.75) is 0 Å². The monoisotopic (exact) mass is 327 g/mol. The van der Waals surface area contributed by atoms with Crippen molar-refractivity contribution in [3.05, 3.63) is 58.6 Å². The number of carbonyl (C=O) groups is 1. The second kappa shape index (κ2) is 5.79. The van der Waals surface area contributed by atoms with E-state index in [0.717, 1.165) is 12.1 Å². The first-order valence-corrected chi connectivity index (χ1v) is 6.04. The van der Waals surface area contributed by atoms with Gasteiger partial charge in [0.05, 0.1) is 10.2 Å². The highest BCUT2D eigenvalue weighted by Crippen LogP contribution is 2.23. The standard InChI is InChI=1S/C13H8BrF2NO2/c14-9-6-11(16)12(7-10(9)15)17-13(18)19-8-4-2-1-3-5-8/h1-7H,(H,17,18). The van der Waals surface area contributed by atoms with Crippen molar-refractivity contribution in [3.8, 4) is 5.75 Å². The van der Waals surface area contributed by atoms with Crippen molar-refractivity contribution in [2.75, 3.05) is 5.32 Å². The summed E-state index contributed by atoms with van der Waals surface area (Å²) in [5.74, 6) is -1.15. The Morgan fingerprint density at radius 3 is 2.47 bits per heavy atom. The summed E-state index contributed by atoms with van der Waals surface area (Å²) < 4.78 is 31.6. The summed E-state index contributed by atoms with van der Waals surface area (Å²) in [6.07, 6.45) is -0.896. The molecule has 0 fully saturated rings. The normalized spacial score (nSPS) is 10.1. The van der Waals surface area contributed by atoms with Gasteiger partial charge in [-0.3, -0.25) is 5.32 Å². The van der Waals surface area contributed by atoms with E-state index in [0.29, 0.717) is 5.75 Å². The SMILES string of the molecule is O=C(Nc1cc(F)c(Br)cc1F)Oc1ccccc1. The van der Waals surface area contributed by atoms with Crippen molar-refractivity contribution < 1.29 is 18.3 Å². The number of carbonyl (C=O) groups excluding carboxylic acids is 1. The van der Waals surface area contributed by atoms with Crippen LogP contribution in [0.5, 0.6) is 5.75 Å². The Morgan fingerprint density at radius 1 is 1.11 bits per heavy atom. The number of nitrogens with one attached hydrogen (secondary N) is 1. The van der Waals surface area contributed by atoms with Crippen LogP contribution in [0.2, 0.25) is 0 Å². The molecule has 98 valence electrons. The van der Waals surface area contributed by atoms with E-state index in [4.69, 9.17) is 4.74 Å². The van der Waals surface area contributed by atoms with E-state index in [2.05, 4.69) is 21.2 Å². The summed E-state index contributed by atoms with van der Waals surface area (Å²) in [6.45, 7) is 0. The van der Waals surface area contributed by atoms with Crippen molar-refractivity contribution in [3.63, 3.8) is 0 Å². The smallest absolute Gasteiger partial charge is 0.410 e. The Bertz CT molecular complexity index is 605. The van der Waals surface area contributed by atoms with Crippen molar-refractivity contribution in [1.29, 1.82) is 0 Å². The van der Waals surface area contributed by atoms with Gasteiger partial charge in [0.25, 0.3) is 0 Å². The van der Waals surface area contributed by atoms with Crippen LogP contribution in [0.4, 0.5) is 19.3 Å². The fraction of sp³-hybridized carbons (Fsp3) is 0.